The summed E-state index contributed by atoms with van der Waals surface area (Å²) in [5.41, 5.74) is 9.26. The normalized spacial score (nSPS) is 15.2. The summed E-state index contributed by atoms with van der Waals surface area (Å²) in [6.07, 6.45) is 5.80. The minimum absolute atomic E-state index is 0. The summed E-state index contributed by atoms with van der Waals surface area (Å²) in [5.74, 6) is 0.842. The number of primary amides is 1. The molecule has 0 bridgehead atoms. The number of halogens is 1. The molecule has 2 aromatic rings. The van der Waals surface area contributed by atoms with E-state index in [1.807, 2.05) is 0 Å². The van der Waals surface area contributed by atoms with E-state index in [2.05, 4.69) is 53.9 Å². The lowest BCUT2D eigenvalue weighted by Crippen LogP contribution is -2.50. The third-order valence-corrected chi connectivity index (χ3v) is 5.41. The summed E-state index contributed by atoms with van der Waals surface area (Å²) in [6.45, 7) is 7.18. The van der Waals surface area contributed by atoms with Crippen LogP contribution in [0.3, 0.4) is 0 Å². The SMILES string of the molecule is CCNC(=NCCc1c[nH]c2c(CC)cccc12)NC1CCN(C(N)=O)CC1.I. The van der Waals surface area contributed by atoms with Gasteiger partial charge in [0.1, 0.15) is 0 Å². The molecule has 1 aliphatic rings. The van der Waals surface area contributed by atoms with Crippen molar-refractivity contribution in [1.82, 2.24) is 20.5 Å². The molecule has 29 heavy (non-hydrogen) atoms. The van der Waals surface area contributed by atoms with Crippen molar-refractivity contribution in [2.24, 2.45) is 10.7 Å². The van der Waals surface area contributed by atoms with E-state index < -0.39 is 0 Å². The minimum Gasteiger partial charge on any atom is -0.361 e. The fraction of sp³-hybridized carbons (Fsp3) is 0.524. The second-order valence-electron chi connectivity index (χ2n) is 7.26. The molecule has 0 saturated carbocycles. The molecule has 5 N–H and O–H groups in total. The van der Waals surface area contributed by atoms with Crippen LogP contribution in [-0.4, -0.2) is 54.1 Å². The van der Waals surface area contributed by atoms with Gasteiger partial charge < -0.3 is 26.3 Å². The van der Waals surface area contributed by atoms with Crippen LogP contribution in [0.15, 0.2) is 29.4 Å². The van der Waals surface area contributed by atoms with Gasteiger partial charge in [-0.1, -0.05) is 25.1 Å². The monoisotopic (exact) mass is 512 g/mol. The number of hydrogen-bond donors (Lipinski definition) is 4. The largest absolute Gasteiger partial charge is 0.361 e. The molecule has 0 unspecified atom stereocenters. The number of carbonyl (C=O) groups is 1. The zero-order valence-corrected chi connectivity index (χ0v) is 19.7. The summed E-state index contributed by atoms with van der Waals surface area (Å²) < 4.78 is 0. The van der Waals surface area contributed by atoms with Crippen molar-refractivity contribution in [3.8, 4) is 0 Å². The number of nitrogens with one attached hydrogen (secondary N) is 3. The number of H-pyrrole nitrogens is 1. The maximum Gasteiger partial charge on any atom is 0.314 e. The second-order valence-corrected chi connectivity index (χ2v) is 7.26. The standard InChI is InChI=1S/C21H32N6O.HI/c1-3-15-6-5-7-18-16(14-25-19(15)18)8-11-24-21(23-4-2)26-17-9-12-27(13-10-17)20(22)28;/h5-7,14,17,25H,3-4,8-13H2,1-2H3,(H2,22,28)(H2,23,24,26);1H. The van der Waals surface area contributed by atoms with Crippen LogP contribution in [0.25, 0.3) is 10.9 Å². The number of aryl methyl sites for hydroxylation is 1. The highest BCUT2D eigenvalue weighted by molar-refractivity contribution is 14.0. The molecule has 3 rings (SSSR count). The molecule has 1 aliphatic heterocycles. The van der Waals surface area contributed by atoms with Crippen molar-refractivity contribution in [1.29, 1.82) is 0 Å². The summed E-state index contributed by atoms with van der Waals surface area (Å²) in [4.78, 5) is 21.1. The number of aromatic nitrogens is 1. The fourth-order valence-corrected chi connectivity index (χ4v) is 3.82. The number of hydrogen-bond acceptors (Lipinski definition) is 2. The first-order valence-corrected chi connectivity index (χ1v) is 10.3. The zero-order chi connectivity index (χ0) is 19.9. The highest BCUT2D eigenvalue weighted by atomic mass is 127. The lowest BCUT2D eigenvalue weighted by atomic mass is 10.1. The van der Waals surface area contributed by atoms with Crippen LogP contribution >= 0.6 is 24.0 Å². The molecular formula is C21H33IN6O. The van der Waals surface area contributed by atoms with Crippen molar-refractivity contribution in [3.63, 3.8) is 0 Å². The number of aliphatic imine (C=N–C) groups is 1. The van der Waals surface area contributed by atoms with E-state index in [0.29, 0.717) is 19.1 Å². The number of piperidine rings is 1. The number of urea groups is 1. The Bertz CT molecular complexity index is 826. The molecule has 1 aromatic heterocycles. The predicted octanol–water partition coefficient (Wildman–Crippen LogP) is 2.99. The number of guanidine groups is 1. The highest BCUT2D eigenvalue weighted by Crippen LogP contribution is 2.22. The van der Waals surface area contributed by atoms with Gasteiger partial charge in [0.15, 0.2) is 5.96 Å². The maximum absolute atomic E-state index is 11.3. The number of fused-ring (bicyclic) bond motifs is 1. The molecule has 0 atom stereocenters. The Balaban J connectivity index is 0.00000300. The van der Waals surface area contributed by atoms with E-state index in [1.54, 1.807) is 4.90 Å². The van der Waals surface area contributed by atoms with Crippen molar-refractivity contribution < 1.29 is 4.79 Å². The molecule has 1 saturated heterocycles. The smallest absolute Gasteiger partial charge is 0.314 e. The molecular weight excluding hydrogens is 479 g/mol. The number of nitrogens with two attached hydrogens (primary N) is 1. The van der Waals surface area contributed by atoms with Crippen LogP contribution in [-0.2, 0) is 12.8 Å². The van der Waals surface area contributed by atoms with Gasteiger partial charge in [-0.15, -0.1) is 24.0 Å². The molecule has 0 spiro atoms. The lowest BCUT2D eigenvalue weighted by molar-refractivity contribution is 0.188. The first-order valence-electron chi connectivity index (χ1n) is 10.3. The van der Waals surface area contributed by atoms with E-state index in [0.717, 1.165) is 44.7 Å². The van der Waals surface area contributed by atoms with Crippen molar-refractivity contribution in [3.05, 3.63) is 35.5 Å². The van der Waals surface area contributed by atoms with Gasteiger partial charge in [0.05, 0.1) is 0 Å². The van der Waals surface area contributed by atoms with Gasteiger partial charge in [-0.05, 0) is 43.7 Å². The van der Waals surface area contributed by atoms with Crippen molar-refractivity contribution in [2.45, 2.75) is 45.6 Å². The third-order valence-electron chi connectivity index (χ3n) is 5.41. The second kappa shape index (κ2) is 11.3. The number of nitrogens with zero attached hydrogens (tertiary/aromatic N) is 2. The van der Waals surface area contributed by atoms with Gasteiger partial charge in [-0.25, -0.2) is 4.79 Å². The predicted molar refractivity (Wildman–Crippen MR) is 130 cm³/mol. The summed E-state index contributed by atoms with van der Waals surface area (Å²) in [7, 11) is 0. The molecule has 7 nitrogen and oxygen atoms in total. The molecule has 1 fully saturated rings. The summed E-state index contributed by atoms with van der Waals surface area (Å²) in [5, 5.41) is 8.13. The van der Waals surface area contributed by atoms with Gasteiger partial charge in [0.2, 0.25) is 0 Å². The molecule has 2 heterocycles. The first-order chi connectivity index (χ1) is 13.6. The van der Waals surface area contributed by atoms with Crippen LogP contribution in [0.2, 0.25) is 0 Å². The van der Waals surface area contributed by atoms with Gasteiger partial charge in [0.25, 0.3) is 0 Å². The first kappa shape index (κ1) is 23.3. The third kappa shape index (κ3) is 6.01. The summed E-state index contributed by atoms with van der Waals surface area (Å²) >= 11 is 0. The number of aromatic amines is 1. The summed E-state index contributed by atoms with van der Waals surface area (Å²) in [6, 6.07) is 6.47. The number of benzene rings is 1. The number of para-hydroxylation sites is 1. The lowest BCUT2D eigenvalue weighted by Gasteiger charge is -2.32. The van der Waals surface area contributed by atoms with Crippen LogP contribution < -0.4 is 16.4 Å². The van der Waals surface area contributed by atoms with E-state index in [4.69, 9.17) is 10.7 Å². The fourth-order valence-electron chi connectivity index (χ4n) is 3.82. The van der Waals surface area contributed by atoms with E-state index in [1.165, 1.54) is 22.0 Å². The highest BCUT2D eigenvalue weighted by Gasteiger charge is 2.21. The Hall–Kier alpha value is -1.97. The van der Waals surface area contributed by atoms with Crippen molar-refractivity contribution >= 4 is 46.9 Å². The number of likely N-dealkylation sites (tertiary alicyclic amines) is 1. The van der Waals surface area contributed by atoms with Gasteiger partial charge in [-0.3, -0.25) is 4.99 Å². The molecule has 1 aromatic carbocycles. The van der Waals surface area contributed by atoms with Gasteiger partial charge in [0, 0.05) is 49.3 Å². The van der Waals surface area contributed by atoms with Gasteiger partial charge >= 0.3 is 6.03 Å². The molecule has 8 heteroatoms. The topological polar surface area (TPSA) is 98.5 Å². The Morgan fingerprint density at radius 2 is 2.03 bits per heavy atom. The van der Waals surface area contributed by atoms with E-state index >= 15 is 0 Å². The van der Waals surface area contributed by atoms with Crippen LogP contribution in [0.1, 0.15) is 37.8 Å². The average molecular weight is 512 g/mol. The quantitative estimate of drug-likeness (QED) is 0.272. The van der Waals surface area contributed by atoms with Gasteiger partial charge in [-0.2, -0.15) is 0 Å². The number of carbonyl (C=O) groups excluding carboxylic acids is 1. The molecule has 160 valence electrons. The molecule has 0 radical (unpaired) electrons. The molecule has 0 aliphatic carbocycles. The Kier molecular flexibility index (Phi) is 9.06. The van der Waals surface area contributed by atoms with Crippen LogP contribution in [0.4, 0.5) is 4.79 Å². The van der Waals surface area contributed by atoms with Crippen LogP contribution in [0, 0.1) is 0 Å². The number of rotatable bonds is 6. The Labute approximate surface area is 189 Å². The Morgan fingerprint density at radius 3 is 2.69 bits per heavy atom. The van der Waals surface area contributed by atoms with Crippen LogP contribution in [0.5, 0.6) is 0 Å². The van der Waals surface area contributed by atoms with Crippen molar-refractivity contribution in [2.75, 3.05) is 26.2 Å². The van der Waals surface area contributed by atoms with E-state index in [-0.39, 0.29) is 30.0 Å². The Morgan fingerprint density at radius 1 is 1.28 bits per heavy atom. The molecule has 2 amide bonds. The zero-order valence-electron chi connectivity index (χ0n) is 17.3. The maximum atomic E-state index is 11.3. The van der Waals surface area contributed by atoms with E-state index in [9.17, 15) is 4.79 Å². The number of amides is 2. The minimum atomic E-state index is -0.330. The average Bonchev–Trinajstić information content (AvgIpc) is 3.12.